The number of hydrogen-bond acceptors (Lipinski definition) is 1. The third-order valence-corrected chi connectivity index (χ3v) is 3.16. The lowest BCUT2D eigenvalue weighted by molar-refractivity contribution is -0.113. The van der Waals surface area contributed by atoms with Gasteiger partial charge in [0.15, 0.2) is 0 Å². The zero-order chi connectivity index (χ0) is 12.2. The second-order valence-corrected chi connectivity index (χ2v) is 5.18. The zero-order valence-corrected chi connectivity index (χ0v) is 10.9. The van der Waals surface area contributed by atoms with Crippen LogP contribution in [0.15, 0.2) is 24.3 Å². The Morgan fingerprint density at radius 3 is 1.93 bits per heavy atom. The highest BCUT2D eigenvalue weighted by Gasteiger charge is 2.36. The molecule has 0 aromatic heterocycles. The molecule has 1 nitrogen and oxygen atoms in total. The van der Waals surface area contributed by atoms with Gasteiger partial charge in [0.05, 0.1) is 0 Å². The highest BCUT2D eigenvalue weighted by Crippen LogP contribution is 2.44. The van der Waals surface area contributed by atoms with Crippen molar-refractivity contribution < 1.29 is 4.79 Å². The van der Waals surface area contributed by atoms with Crippen LogP contribution >= 0.6 is 11.6 Å². The fourth-order valence-electron chi connectivity index (χ4n) is 2.05. The van der Waals surface area contributed by atoms with Crippen LogP contribution in [0.5, 0.6) is 0 Å². The second-order valence-electron chi connectivity index (χ2n) is 4.76. The Kier molecular flexibility index (Phi) is 5.30. The van der Waals surface area contributed by atoms with E-state index in [0.717, 1.165) is 17.6 Å². The quantitative estimate of drug-likeness (QED) is 0.489. The summed E-state index contributed by atoms with van der Waals surface area (Å²) in [4.78, 5) is 11.1. The number of carbonyl (C=O) groups is 1. The third-order valence-electron chi connectivity index (χ3n) is 3.03. The molecule has 0 bridgehead atoms. The molecule has 0 spiro atoms. The van der Waals surface area contributed by atoms with Gasteiger partial charge in [-0.25, -0.2) is 0 Å². The molecular weight excluding hydrogens is 208 g/mol. The van der Waals surface area contributed by atoms with Crippen LogP contribution in [0.2, 0.25) is 0 Å². The molecule has 1 atom stereocenters. The van der Waals surface area contributed by atoms with E-state index in [2.05, 4.69) is 27.0 Å². The lowest BCUT2D eigenvalue weighted by atomic mass is 9.66. The van der Waals surface area contributed by atoms with E-state index in [-0.39, 0.29) is 10.7 Å². The van der Waals surface area contributed by atoms with Gasteiger partial charge in [0, 0.05) is 11.8 Å². The molecule has 2 heteroatoms. The van der Waals surface area contributed by atoms with Crippen molar-refractivity contribution in [2.24, 2.45) is 11.3 Å². The molecule has 0 saturated heterocycles. The molecule has 15 heavy (non-hydrogen) atoms. The average molecular weight is 229 g/mol. The molecule has 0 fully saturated rings. The largest absolute Gasteiger partial charge is 0.281 e. The van der Waals surface area contributed by atoms with Gasteiger partial charge in [-0.2, -0.15) is 0 Å². The van der Waals surface area contributed by atoms with Crippen molar-refractivity contribution in [2.45, 2.75) is 40.5 Å². The van der Waals surface area contributed by atoms with Crippen molar-refractivity contribution in [3.63, 3.8) is 0 Å². The number of hydrogen-bond donors (Lipinski definition) is 0. The number of rotatable bonds is 6. The van der Waals surface area contributed by atoms with Gasteiger partial charge < -0.3 is 0 Å². The van der Waals surface area contributed by atoms with Gasteiger partial charge >= 0.3 is 0 Å². The minimum Gasteiger partial charge on any atom is -0.281 e. The van der Waals surface area contributed by atoms with E-state index in [1.54, 1.807) is 0 Å². The van der Waals surface area contributed by atoms with E-state index >= 15 is 0 Å². The van der Waals surface area contributed by atoms with Crippen LogP contribution in [-0.2, 0) is 4.79 Å². The van der Waals surface area contributed by atoms with Crippen LogP contribution in [0.3, 0.4) is 0 Å². The number of carbonyl (C=O) groups excluding carboxylic acids is 1. The highest BCUT2D eigenvalue weighted by molar-refractivity contribution is 6.63. The maximum atomic E-state index is 11.1. The molecule has 0 saturated carbocycles. The Bertz CT molecular complexity index is 260. The summed E-state index contributed by atoms with van der Waals surface area (Å²) in [5.74, 6) is 0.328. The summed E-state index contributed by atoms with van der Waals surface area (Å²) in [6.07, 6.45) is 1.12. The predicted molar refractivity (Wildman–Crippen MR) is 67.0 cm³/mol. The summed E-state index contributed by atoms with van der Waals surface area (Å²) in [6, 6.07) is 0. The molecule has 0 aliphatic rings. The lowest BCUT2D eigenvalue weighted by Gasteiger charge is -2.38. The van der Waals surface area contributed by atoms with Gasteiger partial charge in [0.25, 0.3) is 0 Å². The smallest absolute Gasteiger partial charge is 0.222 e. The monoisotopic (exact) mass is 228 g/mol. The molecular formula is C13H21ClO. The van der Waals surface area contributed by atoms with Gasteiger partial charge in [-0.05, 0) is 37.8 Å². The highest BCUT2D eigenvalue weighted by atomic mass is 35.5. The maximum Gasteiger partial charge on any atom is 0.222 e. The van der Waals surface area contributed by atoms with Gasteiger partial charge in [0.2, 0.25) is 5.24 Å². The van der Waals surface area contributed by atoms with Crippen molar-refractivity contribution in [3.05, 3.63) is 24.3 Å². The van der Waals surface area contributed by atoms with E-state index in [1.165, 1.54) is 0 Å². The van der Waals surface area contributed by atoms with Crippen molar-refractivity contribution in [3.8, 4) is 0 Å². The van der Waals surface area contributed by atoms with Crippen molar-refractivity contribution in [1.82, 2.24) is 0 Å². The van der Waals surface area contributed by atoms with Crippen LogP contribution in [-0.4, -0.2) is 5.24 Å². The first-order valence-corrected chi connectivity index (χ1v) is 5.59. The minimum atomic E-state index is -0.298. The Hall–Kier alpha value is -0.560. The molecule has 0 rings (SSSR count). The van der Waals surface area contributed by atoms with E-state index < -0.39 is 0 Å². The zero-order valence-electron chi connectivity index (χ0n) is 10.2. The van der Waals surface area contributed by atoms with Crippen LogP contribution in [0, 0.1) is 11.3 Å². The standard InChI is InChI=1S/C13H21ClO/c1-9(2)7-13(10(3)4,11(5)6)8-12(14)15/h11H,1,3,7-8H2,2,4-6H3. The number of halogens is 1. The van der Waals surface area contributed by atoms with E-state index in [4.69, 9.17) is 11.6 Å². The normalized spacial score (nSPS) is 14.8. The molecule has 0 heterocycles. The molecule has 0 aromatic carbocycles. The summed E-state index contributed by atoms with van der Waals surface area (Å²) in [7, 11) is 0. The Balaban J connectivity index is 5.16. The van der Waals surface area contributed by atoms with Crippen molar-refractivity contribution in [2.75, 3.05) is 0 Å². The fourth-order valence-corrected chi connectivity index (χ4v) is 2.29. The van der Waals surface area contributed by atoms with Crippen molar-refractivity contribution in [1.29, 1.82) is 0 Å². The summed E-state index contributed by atoms with van der Waals surface area (Å²) < 4.78 is 0. The second kappa shape index (κ2) is 5.50. The molecule has 0 radical (unpaired) electrons. The van der Waals surface area contributed by atoms with Gasteiger partial charge in [-0.15, -0.1) is 6.58 Å². The Morgan fingerprint density at radius 2 is 1.73 bits per heavy atom. The van der Waals surface area contributed by atoms with Gasteiger partial charge in [-0.3, -0.25) is 4.79 Å². The first kappa shape index (κ1) is 14.4. The van der Waals surface area contributed by atoms with E-state index in [0.29, 0.717) is 12.3 Å². The molecule has 0 aromatic rings. The maximum absolute atomic E-state index is 11.1. The van der Waals surface area contributed by atoms with Crippen LogP contribution < -0.4 is 0 Å². The molecule has 0 aliphatic carbocycles. The van der Waals surface area contributed by atoms with Crippen LogP contribution in [0.4, 0.5) is 0 Å². The molecule has 0 N–H and O–H groups in total. The average Bonchev–Trinajstić information content (AvgIpc) is 1.99. The first-order chi connectivity index (χ1) is 6.72. The van der Waals surface area contributed by atoms with Gasteiger partial charge in [-0.1, -0.05) is 31.6 Å². The predicted octanol–water partition coefficient (Wildman–Crippen LogP) is 4.33. The molecule has 86 valence electrons. The summed E-state index contributed by atoms with van der Waals surface area (Å²) in [6.45, 7) is 16.0. The SMILES string of the molecule is C=C(C)CC(CC(=O)Cl)(C(=C)C)C(C)C. The van der Waals surface area contributed by atoms with Crippen LogP contribution in [0.1, 0.15) is 40.5 Å². The molecule has 1 unspecified atom stereocenters. The summed E-state index contributed by atoms with van der Waals surface area (Å²) in [5.41, 5.74) is 1.84. The fraction of sp³-hybridized carbons (Fsp3) is 0.615. The lowest BCUT2D eigenvalue weighted by Crippen LogP contribution is -2.30. The minimum absolute atomic E-state index is 0.231. The Morgan fingerprint density at radius 1 is 1.27 bits per heavy atom. The molecule has 0 amide bonds. The topological polar surface area (TPSA) is 17.1 Å². The summed E-state index contributed by atoms with van der Waals surface area (Å²) >= 11 is 5.52. The van der Waals surface area contributed by atoms with Crippen molar-refractivity contribution >= 4 is 16.8 Å². The molecule has 0 aliphatic heterocycles. The third kappa shape index (κ3) is 3.83. The van der Waals surface area contributed by atoms with Crippen LogP contribution in [0.25, 0.3) is 0 Å². The van der Waals surface area contributed by atoms with E-state index in [1.807, 2.05) is 13.8 Å². The summed E-state index contributed by atoms with van der Waals surface area (Å²) in [5, 5.41) is -0.298. The number of allylic oxidation sites excluding steroid dienone is 2. The Labute approximate surface area is 98.2 Å². The first-order valence-electron chi connectivity index (χ1n) is 5.21. The van der Waals surface area contributed by atoms with E-state index in [9.17, 15) is 4.79 Å². The van der Waals surface area contributed by atoms with Gasteiger partial charge in [0.1, 0.15) is 0 Å².